The molecule has 2 aromatic rings. The van der Waals surface area contributed by atoms with Crippen molar-refractivity contribution in [1.29, 1.82) is 0 Å². The van der Waals surface area contributed by atoms with Crippen molar-refractivity contribution in [2.45, 2.75) is 50.3 Å². The minimum Gasteiger partial charge on any atom is -0.494 e. The van der Waals surface area contributed by atoms with Crippen LogP contribution < -0.4 is 10.1 Å². The van der Waals surface area contributed by atoms with Gasteiger partial charge in [0.15, 0.2) is 5.54 Å². The van der Waals surface area contributed by atoms with Gasteiger partial charge in [-0.05, 0) is 55.7 Å². The Morgan fingerprint density at radius 1 is 1.26 bits per heavy atom. The zero-order valence-electron chi connectivity index (χ0n) is 17.5. The van der Waals surface area contributed by atoms with Gasteiger partial charge in [-0.3, -0.25) is 4.79 Å². The molecule has 0 saturated heterocycles. The Morgan fingerprint density at radius 3 is 2.68 bits per heavy atom. The summed E-state index contributed by atoms with van der Waals surface area (Å²) in [7, 11) is 0. The smallest absolute Gasteiger partial charge is 0.252 e. The number of nitrogens with zero attached hydrogens (tertiary/aromatic N) is 1. The standard InChI is InChI=1S/C24H27BrN2O4/c1-16-24(23(29)26-19-9-10-19,15-18-5-2-3-6-21(18)25)27-22(31-16)17-7-11-20(12-8-17)30-14-4-13-28/h2-3,5-8,11-12,16,19,28H,4,9-10,13-15H2,1H3,(H,26,29)/t16-,24-/m1/s1. The van der Waals surface area contributed by atoms with E-state index in [1.165, 1.54) is 0 Å². The number of hydrogen-bond donors (Lipinski definition) is 2. The molecule has 2 N–H and O–H groups in total. The molecule has 2 aliphatic rings. The van der Waals surface area contributed by atoms with Gasteiger partial charge in [0, 0.05) is 35.5 Å². The molecule has 1 fully saturated rings. The highest BCUT2D eigenvalue weighted by Gasteiger charge is 2.51. The maximum absolute atomic E-state index is 13.4. The average molecular weight is 487 g/mol. The fourth-order valence-electron chi connectivity index (χ4n) is 3.61. The van der Waals surface area contributed by atoms with E-state index >= 15 is 0 Å². The summed E-state index contributed by atoms with van der Waals surface area (Å²) in [6, 6.07) is 15.6. The average Bonchev–Trinajstić information content (AvgIpc) is 3.52. The Kier molecular flexibility index (Phi) is 6.62. The molecule has 1 aliphatic carbocycles. The van der Waals surface area contributed by atoms with Crippen LogP contribution in [0.3, 0.4) is 0 Å². The van der Waals surface area contributed by atoms with E-state index in [0.29, 0.717) is 25.3 Å². The van der Waals surface area contributed by atoms with Gasteiger partial charge in [-0.25, -0.2) is 4.99 Å². The Morgan fingerprint density at radius 2 is 2.00 bits per heavy atom. The van der Waals surface area contributed by atoms with E-state index in [1.807, 2.05) is 55.5 Å². The molecule has 0 radical (unpaired) electrons. The van der Waals surface area contributed by atoms with Crippen LogP contribution in [0, 0.1) is 0 Å². The zero-order chi connectivity index (χ0) is 21.8. The second kappa shape index (κ2) is 9.40. The molecule has 6 nitrogen and oxygen atoms in total. The maximum atomic E-state index is 13.4. The second-order valence-corrected chi connectivity index (χ2v) is 8.92. The van der Waals surface area contributed by atoms with E-state index in [-0.39, 0.29) is 18.6 Å². The van der Waals surface area contributed by atoms with E-state index < -0.39 is 11.6 Å². The molecule has 2 aromatic carbocycles. The number of nitrogens with one attached hydrogen (secondary N) is 1. The topological polar surface area (TPSA) is 80.2 Å². The number of amides is 1. The molecule has 31 heavy (non-hydrogen) atoms. The van der Waals surface area contributed by atoms with Crippen molar-refractivity contribution >= 4 is 27.7 Å². The van der Waals surface area contributed by atoms with Gasteiger partial charge in [0.25, 0.3) is 5.91 Å². The van der Waals surface area contributed by atoms with Crippen LogP contribution in [-0.4, -0.2) is 47.8 Å². The first kappa shape index (κ1) is 21.8. The van der Waals surface area contributed by atoms with E-state index in [4.69, 9.17) is 19.6 Å². The molecule has 4 rings (SSSR count). The van der Waals surface area contributed by atoms with Gasteiger partial charge >= 0.3 is 0 Å². The lowest BCUT2D eigenvalue weighted by atomic mass is 9.86. The number of aliphatic hydroxyl groups excluding tert-OH is 1. The summed E-state index contributed by atoms with van der Waals surface area (Å²) in [4.78, 5) is 18.2. The summed E-state index contributed by atoms with van der Waals surface area (Å²) in [6.07, 6.45) is 2.65. The number of aliphatic imine (C=N–C) groups is 1. The molecule has 1 heterocycles. The van der Waals surface area contributed by atoms with Gasteiger partial charge in [0.05, 0.1) is 6.61 Å². The van der Waals surface area contributed by atoms with Gasteiger partial charge in [-0.1, -0.05) is 34.1 Å². The predicted molar refractivity (Wildman–Crippen MR) is 122 cm³/mol. The Hall–Kier alpha value is -2.38. The van der Waals surface area contributed by atoms with Crippen molar-refractivity contribution < 1.29 is 19.4 Å². The largest absolute Gasteiger partial charge is 0.494 e. The third-order valence-corrected chi connectivity index (χ3v) is 6.43. The van der Waals surface area contributed by atoms with Crippen molar-refractivity contribution in [3.05, 3.63) is 64.1 Å². The van der Waals surface area contributed by atoms with Crippen molar-refractivity contribution in [1.82, 2.24) is 5.32 Å². The quantitative estimate of drug-likeness (QED) is 0.530. The Balaban J connectivity index is 1.61. The lowest BCUT2D eigenvalue weighted by molar-refractivity contribution is -0.128. The third-order valence-electron chi connectivity index (χ3n) is 5.66. The van der Waals surface area contributed by atoms with Crippen LogP contribution in [0.4, 0.5) is 0 Å². The number of aliphatic hydroxyl groups is 1. The number of rotatable bonds is 9. The SMILES string of the molecule is C[C@H]1OC(c2ccc(OCCCO)cc2)=N[C@@]1(Cc1ccccc1Br)C(=O)NC1CC1. The molecule has 1 amide bonds. The second-order valence-electron chi connectivity index (χ2n) is 8.07. The molecule has 1 saturated carbocycles. The number of benzene rings is 2. The lowest BCUT2D eigenvalue weighted by Crippen LogP contribution is -2.53. The first-order chi connectivity index (χ1) is 15.0. The van der Waals surface area contributed by atoms with Crippen LogP contribution in [0.1, 0.15) is 37.3 Å². The molecule has 2 atom stereocenters. The van der Waals surface area contributed by atoms with Crippen molar-refractivity contribution in [2.24, 2.45) is 4.99 Å². The fourth-order valence-corrected chi connectivity index (χ4v) is 4.04. The van der Waals surface area contributed by atoms with Gasteiger partial charge in [-0.15, -0.1) is 0 Å². The monoisotopic (exact) mass is 486 g/mol. The number of ether oxygens (including phenoxy) is 2. The highest BCUT2D eigenvalue weighted by molar-refractivity contribution is 9.10. The molecule has 0 bridgehead atoms. The van der Waals surface area contributed by atoms with Crippen LogP contribution >= 0.6 is 15.9 Å². The van der Waals surface area contributed by atoms with Gasteiger partial charge < -0.3 is 19.9 Å². The van der Waals surface area contributed by atoms with Gasteiger partial charge in [0.1, 0.15) is 11.9 Å². The lowest BCUT2D eigenvalue weighted by Gasteiger charge is -2.28. The van der Waals surface area contributed by atoms with Crippen LogP contribution in [0.25, 0.3) is 0 Å². The number of hydrogen-bond acceptors (Lipinski definition) is 5. The molecule has 0 unspecified atom stereocenters. The first-order valence-corrected chi connectivity index (χ1v) is 11.5. The van der Waals surface area contributed by atoms with E-state index in [0.717, 1.165) is 34.2 Å². The number of carbonyl (C=O) groups is 1. The Labute approximate surface area is 190 Å². The molecule has 7 heteroatoms. The van der Waals surface area contributed by atoms with Crippen LogP contribution in [0.2, 0.25) is 0 Å². The fraction of sp³-hybridized carbons (Fsp3) is 0.417. The predicted octanol–water partition coefficient (Wildman–Crippen LogP) is 3.64. The number of carbonyl (C=O) groups excluding carboxylic acids is 1. The third kappa shape index (κ3) is 4.93. The minimum absolute atomic E-state index is 0.0859. The van der Waals surface area contributed by atoms with Crippen LogP contribution in [0.5, 0.6) is 5.75 Å². The van der Waals surface area contributed by atoms with Crippen molar-refractivity contribution in [3.63, 3.8) is 0 Å². The molecular formula is C24H27BrN2O4. The van der Waals surface area contributed by atoms with Gasteiger partial charge in [-0.2, -0.15) is 0 Å². The first-order valence-electron chi connectivity index (χ1n) is 10.7. The summed E-state index contributed by atoms with van der Waals surface area (Å²) in [5.41, 5.74) is 0.786. The highest BCUT2D eigenvalue weighted by atomic mass is 79.9. The van der Waals surface area contributed by atoms with Crippen molar-refractivity contribution in [2.75, 3.05) is 13.2 Å². The zero-order valence-corrected chi connectivity index (χ0v) is 19.1. The molecular weight excluding hydrogens is 460 g/mol. The molecule has 0 aromatic heterocycles. The van der Waals surface area contributed by atoms with E-state index in [2.05, 4.69) is 21.2 Å². The van der Waals surface area contributed by atoms with Gasteiger partial charge in [0.2, 0.25) is 5.90 Å². The Bertz CT molecular complexity index is 958. The van der Waals surface area contributed by atoms with Crippen LogP contribution in [-0.2, 0) is 16.0 Å². The summed E-state index contributed by atoms with van der Waals surface area (Å²) in [6.45, 7) is 2.47. The van der Waals surface area contributed by atoms with E-state index in [1.54, 1.807) is 0 Å². The van der Waals surface area contributed by atoms with E-state index in [9.17, 15) is 4.79 Å². The normalized spacial score (nSPS) is 22.5. The summed E-state index contributed by atoms with van der Waals surface area (Å²) >= 11 is 3.60. The van der Waals surface area contributed by atoms with Crippen LogP contribution in [0.15, 0.2) is 58.0 Å². The highest BCUT2D eigenvalue weighted by Crippen LogP contribution is 2.35. The molecule has 164 valence electrons. The summed E-state index contributed by atoms with van der Waals surface area (Å²) in [5.74, 6) is 1.10. The van der Waals surface area contributed by atoms with Crippen molar-refractivity contribution in [3.8, 4) is 5.75 Å². The summed E-state index contributed by atoms with van der Waals surface area (Å²) in [5, 5.41) is 12.0. The molecule has 0 spiro atoms. The number of halogens is 1. The summed E-state index contributed by atoms with van der Waals surface area (Å²) < 4.78 is 12.7. The molecule has 1 aliphatic heterocycles. The maximum Gasteiger partial charge on any atom is 0.252 e. The minimum atomic E-state index is -1.03.